The molecule has 3 nitrogen and oxygen atoms in total. The molecule has 4 heteroatoms. The molecule has 0 bridgehead atoms. The first-order valence-electron chi connectivity index (χ1n) is 10.8. The fourth-order valence-corrected chi connectivity index (χ4v) is 7.99. The van der Waals surface area contributed by atoms with E-state index in [-0.39, 0.29) is 5.97 Å². The Hall–Kier alpha value is -3.68. The summed E-state index contributed by atoms with van der Waals surface area (Å²) >= 11 is 0. The molecule has 0 unspecified atom stereocenters. The molecule has 4 rings (SSSR count). The van der Waals surface area contributed by atoms with Gasteiger partial charge in [-0.25, -0.2) is 4.79 Å². The lowest BCUT2D eigenvalue weighted by Crippen LogP contribution is -2.30. The van der Waals surface area contributed by atoms with Crippen LogP contribution in [0.15, 0.2) is 127 Å². The predicted octanol–water partition coefficient (Wildman–Crippen LogP) is 5.74. The van der Waals surface area contributed by atoms with E-state index >= 15 is 0 Å². The van der Waals surface area contributed by atoms with E-state index in [0.29, 0.717) is 5.56 Å². The van der Waals surface area contributed by atoms with Crippen LogP contribution in [0.5, 0.6) is 0 Å². The van der Waals surface area contributed by atoms with Crippen molar-refractivity contribution in [3.63, 3.8) is 0 Å². The number of ether oxygens (including phenoxy) is 1. The molecule has 0 spiro atoms. The van der Waals surface area contributed by atoms with Crippen molar-refractivity contribution >= 4 is 34.8 Å². The highest BCUT2D eigenvalue weighted by Gasteiger charge is 2.43. The molecule has 33 heavy (non-hydrogen) atoms. The number of carbonyl (C=O) groups excluding carboxylic acids is 1. The molecule has 0 heterocycles. The number of allylic oxidation sites excluding steroid dienone is 1. The van der Waals surface area contributed by atoms with Crippen molar-refractivity contribution < 1.29 is 9.53 Å². The monoisotopic (exact) mass is 452 g/mol. The van der Waals surface area contributed by atoms with E-state index < -0.39 is 7.26 Å². The molecule has 164 valence electrons. The number of nitrogens with one attached hydrogen (secondary N) is 1. The second-order valence-electron chi connectivity index (χ2n) is 7.70. The highest BCUT2D eigenvalue weighted by Crippen LogP contribution is 2.57. The summed E-state index contributed by atoms with van der Waals surface area (Å²) in [7, 11) is -0.731. The lowest BCUT2D eigenvalue weighted by atomic mass is 10.2. The van der Waals surface area contributed by atoms with E-state index in [1.54, 1.807) is 6.07 Å². The molecule has 0 aliphatic rings. The Kier molecular flexibility index (Phi) is 7.02. The first-order chi connectivity index (χ1) is 16.1. The lowest BCUT2D eigenvalue weighted by Gasteiger charge is -2.25. The van der Waals surface area contributed by atoms with Crippen LogP contribution in [-0.4, -0.2) is 13.1 Å². The Morgan fingerprint density at radius 2 is 1.12 bits per heavy atom. The molecule has 0 saturated carbocycles. The summed E-state index contributed by atoms with van der Waals surface area (Å²) in [5, 5.41) is 7.28. The summed E-state index contributed by atoms with van der Waals surface area (Å²) in [5.74, 6) is 1.99. The Balaban J connectivity index is 1.91. The highest BCUT2D eigenvalue weighted by atomic mass is 31.2. The third-order valence-corrected chi connectivity index (χ3v) is 9.65. The molecular weight excluding hydrogens is 425 g/mol. The molecule has 1 N–H and O–H groups in total. The van der Waals surface area contributed by atoms with Crippen LogP contribution in [0.2, 0.25) is 0 Å². The topological polar surface area (TPSA) is 38.3 Å². The van der Waals surface area contributed by atoms with Gasteiger partial charge in [-0.3, -0.25) is 0 Å². The van der Waals surface area contributed by atoms with Crippen molar-refractivity contribution in [1.82, 2.24) is 0 Å². The third kappa shape index (κ3) is 4.74. The lowest BCUT2D eigenvalue weighted by molar-refractivity contribution is 0.0602. The quantitative estimate of drug-likeness (QED) is 0.287. The van der Waals surface area contributed by atoms with Crippen LogP contribution < -0.4 is 21.2 Å². The van der Waals surface area contributed by atoms with E-state index in [2.05, 4.69) is 109 Å². The number of carbonyl (C=O) groups is 1. The summed E-state index contributed by atoms with van der Waals surface area (Å²) in [6.07, 6.45) is 0. The van der Waals surface area contributed by atoms with Gasteiger partial charge in [0, 0.05) is 5.70 Å². The van der Waals surface area contributed by atoms with Crippen LogP contribution in [0.4, 0.5) is 5.69 Å². The molecule has 0 aliphatic heterocycles. The largest absolute Gasteiger partial charge is 0.465 e. The second-order valence-corrected chi connectivity index (χ2v) is 11.0. The molecule has 0 atom stereocenters. The van der Waals surface area contributed by atoms with Crippen molar-refractivity contribution in [3.05, 3.63) is 132 Å². The first kappa shape index (κ1) is 22.5. The molecule has 0 aromatic heterocycles. The predicted molar refractivity (Wildman–Crippen MR) is 140 cm³/mol. The van der Waals surface area contributed by atoms with E-state index in [9.17, 15) is 4.79 Å². The standard InChI is InChI=1S/C29H26NO2P/c1-23(30-28-21-13-12-20-27(28)29(31)32-2)22-33(24-14-6-3-7-15-24,25-16-8-4-9-17-25)26-18-10-5-11-19-26/h3-22H,1-2H3/p+1/b23-22+. The fraction of sp³-hybridized carbons (Fsp3) is 0.0690. The zero-order valence-corrected chi connectivity index (χ0v) is 19.7. The van der Waals surface area contributed by atoms with Gasteiger partial charge >= 0.3 is 5.97 Å². The summed E-state index contributed by atoms with van der Waals surface area (Å²) in [4.78, 5) is 12.3. The molecule has 4 aromatic rings. The smallest absolute Gasteiger partial charge is 0.339 e. The van der Waals surface area contributed by atoms with Crippen LogP contribution >= 0.6 is 7.26 Å². The van der Waals surface area contributed by atoms with E-state index in [4.69, 9.17) is 4.74 Å². The number of hydrogen-bond donors (Lipinski definition) is 1. The minimum Gasteiger partial charge on any atom is -0.465 e. The zero-order valence-electron chi connectivity index (χ0n) is 18.8. The maximum atomic E-state index is 12.3. The summed E-state index contributed by atoms with van der Waals surface area (Å²) in [5.41, 5.74) is 2.21. The number of anilines is 1. The number of hydrogen-bond acceptors (Lipinski definition) is 3. The van der Waals surface area contributed by atoms with Gasteiger partial charge in [0.2, 0.25) is 0 Å². The van der Waals surface area contributed by atoms with Crippen LogP contribution in [0, 0.1) is 0 Å². The fourth-order valence-electron chi connectivity index (χ4n) is 4.08. The van der Waals surface area contributed by atoms with Crippen LogP contribution in [-0.2, 0) is 4.74 Å². The number of rotatable bonds is 7. The van der Waals surface area contributed by atoms with Crippen molar-refractivity contribution in [2.75, 3.05) is 12.4 Å². The number of benzene rings is 4. The number of esters is 1. The summed E-state index contributed by atoms with van der Waals surface area (Å²) in [6.45, 7) is 2.05. The van der Waals surface area contributed by atoms with Crippen molar-refractivity contribution in [1.29, 1.82) is 0 Å². The number of methoxy groups -OCH3 is 1. The Morgan fingerprint density at radius 3 is 1.58 bits per heavy atom. The SMILES string of the molecule is COC(=O)c1ccccc1N/C(C)=C/[P+](c1ccccc1)(c1ccccc1)c1ccccc1. The van der Waals surface area contributed by atoms with Gasteiger partial charge in [-0.2, -0.15) is 0 Å². The van der Waals surface area contributed by atoms with Gasteiger partial charge in [-0.15, -0.1) is 0 Å². The Bertz CT molecular complexity index is 1140. The maximum Gasteiger partial charge on any atom is 0.339 e. The van der Waals surface area contributed by atoms with Crippen molar-refractivity contribution in [2.24, 2.45) is 0 Å². The minimum absolute atomic E-state index is 0.360. The summed E-state index contributed by atoms with van der Waals surface area (Å²) < 4.78 is 4.98. The molecule has 0 radical (unpaired) electrons. The Morgan fingerprint density at radius 1 is 0.697 bits per heavy atom. The third-order valence-electron chi connectivity index (χ3n) is 5.54. The van der Waals surface area contributed by atoms with E-state index in [0.717, 1.165) is 11.4 Å². The van der Waals surface area contributed by atoms with Gasteiger partial charge in [0.15, 0.2) is 0 Å². The van der Waals surface area contributed by atoms with Gasteiger partial charge in [-0.05, 0) is 55.5 Å². The normalized spacial score (nSPS) is 11.6. The summed E-state index contributed by atoms with van der Waals surface area (Å²) in [6, 6.07) is 39.4. The van der Waals surface area contributed by atoms with Crippen LogP contribution in [0.25, 0.3) is 0 Å². The van der Waals surface area contributed by atoms with E-state index in [1.807, 2.05) is 18.2 Å². The average Bonchev–Trinajstić information content (AvgIpc) is 2.88. The van der Waals surface area contributed by atoms with Crippen LogP contribution in [0.1, 0.15) is 17.3 Å². The van der Waals surface area contributed by atoms with Crippen molar-refractivity contribution in [3.8, 4) is 0 Å². The molecular formula is C29H27NO2P+. The molecule has 0 fully saturated rings. The second kappa shape index (κ2) is 10.3. The van der Waals surface area contributed by atoms with Crippen molar-refractivity contribution in [2.45, 2.75) is 6.92 Å². The maximum absolute atomic E-state index is 12.3. The molecule has 0 saturated heterocycles. The number of para-hydroxylation sites is 1. The van der Waals surface area contributed by atoms with Gasteiger partial charge in [0.1, 0.15) is 23.2 Å². The van der Waals surface area contributed by atoms with Gasteiger partial charge < -0.3 is 10.1 Å². The Labute approximate surface area is 196 Å². The van der Waals surface area contributed by atoms with Gasteiger partial charge in [-0.1, -0.05) is 66.7 Å². The van der Waals surface area contributed by atoms with Gasteiger partial charge in [0.05, 0.1) is 24.2 Å². The van der Waals surface area contributed by atoms with Crippen LogP contribution in [0.3, 0.4) is 0 Å². The minimum atomic E-state index is -2.13. The first-order valence-corrected chi connectivity index (χ1v) is 12.7. The van der Waals surface area contributed by atoms with E-state index in [1.165, 1.54) is 23.0 Å². The average molecular weight is 453 g/mol. The molecule has 4 aromatic carbocycles. The zero-order chi connectivity index (χ0) is 23.1. The van der Waals surface area contributed by atoms with Gasteiger partial charge in [0.25, 0.3) is 0 Å². The highest BCUT2D eigenvalue weighted by molar-refractivity contribution is 7.98. The molecule has 0 aliphatic carbocycles. The molecule has 0 amide bonds.